The van der Waals surface area contributed by atoms with Crippen LogP contribution in [0, 0.1) is 11.6 Å². The molecule has 166 valence electrons. The highest BCUT2D eigenvalue weighted by Gasteiger charge is 2.32. The molecule has 1 unspecified atom stereocenters. The first-order chi connectivity index (χ1) is 14.8. The van der Waals surface area contributed by atoms with E-state index in [2.05, 4.69) is 5.32 Å². The zero-order valence-corrected chi connectivity index (χ0v) is 18.1. The van der Waals surface area contributed by atoms with E-state index in [0.717, 1.165) is 37.0 Å². The van der Waals surface area contributed by atoms with Crippen LogP contribution in [0.5, 0.6) is 0 Å². The van der Waals surface area contributed by atoms with Gasteiger partial charge in [0.25, 0.3) is 0 Å². The van der Waals surface area contributed by atoms with E-state index < -0.39 is 39.3 Å². The molecule has 1 amide bonds. The molecule has 0 radical (unpaired) electrons. The van der Waals surface area contributed by atoms with Crippen molar-refractivity contribution in [2.45, 2.75) is 37.1 Å². The molecular weight excluding hydrogens is 424 g/mol. The molecule has 0 bridgehead atoms. The minimum Gasteiger partial charge on any atom is -0.320 e. The summed E-state index contributed by atoms with van der Waals surface area (Å²) in [6.45, 7) is 2.81. The molecule has 2 aromatic rings. The summed E-state index contributed by atoms with van der Waals surface area (Å²) in [6.07, 6.45) is 2.95. The Morgan fingerprint density at radius 2 is 1.65 bits per heavy atom. The summed E-state index contributed by atoms with van der Waals surface area (Å²) >= 11 is 0. The maximum Gasteiger partial charge on any atom is 0.243 e. The van der Waals surface area contributed by atoms with Crippen molar-refractivity contribution in [3.8, 4) is 0 Å². The number of hydrogen-bond acceptors (Lipinski definition) is 4. The van der Waals surface area contributed by atoms with Crippen LogP contribution in [0.4, 0.5) is 14.5 Å². The number of hydrogen-bond donors (Lipinski definition) is 1. The molecule has 1 aliphatic heterocycles. The highest BCUT2D eigenvalue weighted by atomic mass is 32.2. The number of benzene rings is 2. The van der Waals surface area contributed by atoms with E-state index in [1.165, 1.54) is 15.9 Å². The Kier molecular flexibility index (Phi) is 6.09. The van der Waals surface area contributed by atoms with Crippen molar-refractivity contribution in [3.05, 3.63) is 59.2 Å². The van der Waals surface area contributed by atoms with Gasteiger partial charge in [0.2, 0.25) is 15.9 Å². The fourth-order valence-electron chi connectivity index (χ4n) is 4.20. The predicted molar refractivity (Wildman–Crippen MR) is 113 cm³/mol. The molecule has 1 atom stereocenters. The lowest BCUT2D eigenvalue weighted by Gasteiger charge is -2.36. The Bertz CT molecular complexity index is 1080. The molecule has 0 spiro atoms. The van der Waals surface area contributed by atoms with Gasteiger partial charge in [-0.15, -0.1) is 0 Å². The van der Waals surface area contributed by atoms with Crippen molar-refractivity contribution < 1.29 is 22.0 Å². The number of piperazine rings is 1. The summed E-state index contributed by atoms with van der Waals surface area (Å²) in [4.78, 5) is 14.6. The van der Waals surface area contributed by atoms with E-state index in [4.69, 9.17) is 0 Å². The second-order valence-corrected chi connectivity index (χ2v) is 9.92. The Morgan fingerprint density at radius 3 is 2.32 bits per heavy atom. The number of rotatable bonds is 5. The summed E-state index contributed by atoms with van der Waals surface area (Å²) in [5.41, 5.74) is 1.84. The van der Waals surface area contributed by atoms with Gasteiger partial charge in [0.1, 0.15) is 17.3 Å². The molecule has 0 saturated carbocycles. The SMILES string of the molecule is CC(C(=O)Nc1c(F)cccc1F)N1CCN(S(=O)(=O)c2ccc3c(c2)CCC3)CC1. The van der Waals surface area contributed by atoms with Crippen LogP contribution >= 0.6 is 0 Å². The number of amides is 1. The van der Waals surface area contributed by atoms with Crippen molar-refractivity contribution in [2.75, 3.05) is 31.5 Å². The number of carbonyl (C=O) groups is 1. The van der Waals surface area contributed by atoms with E-state index in [-0.39, 0.29) is 13.1 Å². The molecule has 2 aromatic carbocycles. The third kappa shape index (κ3) is 4.35. The van der Waals surface area contributed by atoms with Gasteiger partial charge >= 0.3 is 0 Å². The quantitative estimate of drug-likeness (QED) is 0.762. The average Bonchev–Trinajstić information content (AvgIpc) is 3.24. The number of carbonyl (C=O) groups excluding carboxylic acids is 1. The van der Waals surface area contributed by atoms with Crippen LogP contribution in [0.2, 0.25) is 0 Å². The molecule has 4 rings (SSSR count). The van der Waals surface area contributed by atoms with Crippen LogP contribution in [0.25, 0.3) is 0 Å². The van der Waals surface area contributed by atoms with Gasteiger partial charge in [-0.05, 0) is 61.6 Å². The van der Waals surface area contributed by atoms with Crippen LogP contribution in [-0.2, 0) is 27.7 Å². The number of nitrogens with zero attached hydrogens (tertiary/aromatic N) is 2. The molecule has 9 heteroatoms. The monoisotopic (exact) mass is 449 g/mol. The molecular formula is C22H25F2N3O3S. The molecule has 1 N–H and O–H groups in total. The third-order valence-electron chi connectivity index (χ3n) is 6.12. The van der Waals surface area contributed by atoms with Crippen molar-refractivity contribution >= 4 is 21.6 Å². The number of aryl methyl sites for hydroxylation is 2. The molecule has 31 heavy (non-hydrogen) atoms. The molecule has 1 fully saturated rings. The number of fused-ring (bicyclic) bond motifs is 1. The standard InChI is InChI=1S/C22H25F2N3O3S/c1-15(22(28)25-21-19(23)6-3-7-20(21)24)26-10-12-27(13-11-26)31(29,30)18-9-8-16-4-2-5-17(16)14-18/h3,6-9,14-15H,2,4-5,10-13H2,1H3,(H,25,28). The van der Waals surface area contributed by atoms with Crippen molar-refractivity contribution in [1.29, 1.82) is 0 Å². The molecule has 0 aromatic heterocycles. The van der Waals surface area contributed by atoms with Gasteiger partial charge in [-0.1, -0.05) is 12.1 Å². The molecule has 2 aliphatic rings. The molecule has 1 heterocycles. The second-order valence-electron chi connectivity index (χ2n) is 7.99. The first-order valence-corrected chi connectivity index (χ1v) is 11.8. The van der Waals surface area contributed by atoms with E-state index in [0.29, 0.717) is 18.0 Å². The minimum absolute atomic E-state index is 0.241. The Morgan fingerprint density at radius 1 is 1.00 bits per heavy atom. The lowest BCUT2D eigenvalue weighted by molar-refractivity contribution is -0.121. The van der Waals surface area contributed by atoms with E-state index in [1.807, 2.05) is 11.0 Å². The van der Waals surface area contributed by atoms with Crippen LogP contribution in [0.1, 0.15) is 24.5 Å². The first kappa shape index (κ1) is 21.9. The Balaban J connectivity index is 1.39. The number of anilines is 1. The average molecular weight is 450 g/mol. The van der Waals surface area contributed by atoms with Gasteiger partial charge in [0.05, 0.1) is 10.9 Å². The first-order valence-electron chi connectivity index (χ1n) is 10.4. The smallest absolute Gasteiger partial charge is 0.243 e. The summed E-state index contributed by atoms with van der Waals surface area (Å²) in [6, 6.07) is 8.07. The molecule has 1 saturated heterocycles. The summed E-state index contributed by atoms with van der Waals surface area (Å²) in [5, 5.41) is 2.30. The number of sulfonamides is 1. The second kappa shape index (κ2) is 8.64. The Hall–Kier alpha value is -2.36. The number of para-hydroxylation sites is 1. The van der Waals surface area contributed by atoms with E-state index in [9.17, 15) is 22.0 Å². The van der Waals surface area contributed by atoms with Gasteiger partial charge < -0.3 is 5.32 Å². The lowest BCUT2D eigenvalue weighted by atomic mass is 10.1. The maximum absolute atomic E-state index is 13.8. The van der Waals surface area contributed by atoms with Gasteiger partial charge in [-0.25, -0.2) is 17.2 Å². The zero-order valence-electron chi connectivity index (χ0n) is 17.3. The van der Waals surface area contributed by atoms with Crippen LogP contribution in [0.3, 0.4) is 0 Å². The largest absolute Gasteiger partial charge is 0.320 e. The van der Waals surface area contributed by atoms with Gasteiger partial charge in [-0.2, -0.15) is 4.31 Å². The number of nitrogens with one attached hydrogen (secondary N) is 1. The zero-order chi connectivity index (χ0) is 22.2. The predicted octanol–water partition coefficient (Wildman–Crippen LogP) is 2.79. The van der Waals surface area contributed by atoms with Gasteiger partial charge in [0.15, 0.2) is 0 Å². The maximum atomic E-state index is 13.8. The number of halogens is 2. The van der Waals surface area contributed by atoms with Crippen LogP contribution in [-0.4, -0.2) is 55.8 Å². The van der Waals surface area contributed by atoms with E-state index >= 15 is 0 Å². The summed E-state index contributed by atoms with van der Waals surface area (Å²) < 4.78 is 55.2. The lowest BCUT2D eigenvalue weighted by Crippen LogP contribution is -2.54. The van der Waals surface area contributed by atoms with Crippen molar-refractivity contribution in [2.24, 2.45) is 0 Å². The fourth-order valence-corrected chi connectivity index (χ4v) is 5.67. The Labute approximate surface area is 180 Å². The van der Waals surface area contributed by atoms with Gasteiger partial charge in [0, 0.05) is 26.2 Å². The highest BCUT2D eigenvalue weighted by Crippen LogP contribution is 2.27. The third-order valence-corrected chi connectivity index (χ3v) is 8.01. The summed E-state index contributed by atoms with van der Waals surface area (Å²) in [5.74, 6) is -2.23. The normalized spacial score (nSPS) is 18.5. The van der Waals surface area contributed by atoms with Gasteiger partial charge in [-0.3, -0.25) is 9.69 Å². The minimum atomic E-state index is -3.61. The van der Waals surface area contributed by atoms with Crippen LogP contribution < -0.4 is 5.32 Å². The molecule has 1 aliphatic carbocycles. The topological polar surface area (TPSA) is 69.7 Å². The van der Waals surface area contributed by atoms with E-state index in [1.54, 1.807) is 19.1 Å². The fraction of sp³-hybridized carbons (Fsp3) is 0.409. The van der Waals surface area contributed by atoms with Crippen molar-refractivity contribution in [1.82, 2.24) is 9.21 Å². The molecule has 6 nitrogen and oxygen atoms in total. The van der Waals surface area contributed by atoms with Crippen LogP contribution in [0.15, 0.2) is 41.3 Å². The summed E-state index contributed by atoms with van der Waals surface area (Å²) in [7, 11) is -3.61. The highest BCUT2D eigenvalue weighted by molar-refractivity contribution is 7.89. The van der Waals surface area contributed by atoms with Crippen molar-refractivity contribution in [3.63, 3.8) is 0 Å².